The molecule has 0 aliphatic carbocycles. The number of hydrogen-bond donors (Lipinski definition) is 1. The average Bonchev–Trinajstić information content (AvgIpc) is 3.03. The van der Waals surface area contributed by atoms with E-state index >= 15 is 0 Å². The summed E-state index contributed by atoms with van der Waals surface area (Å²) in [5, 5.41) is 7.09. The maximum absolute atomic E-state index is 12.1. The molecule has 9 heteroatoms. The van der Waals surface area contributed by atoms with Crippen LogP contribution in [0.1, 0.15) is 30.3 Å². The summed E-state index contributed by atoms with van der Waals surface area (Å²) in [6.07, 6.45) is 2.97. The summed E-state index contributed by atoms with van der Waals surface area (Å²) >= 11 is 0. The summed E-state index contributed by atoms with van der Waals surface area (Å²) in [5.74, 6) is -0.215. The van der Waals surface area contributed by atoms with Crippen molar-refractivity contribution in [3.05, 3.63) is 18.0 Å². The Morgan fingerprint density at radius 1 is 1.43 bits per heavy atom. The number of aryl methyl sites for hydroxylation is 1. The van der Waals surface area contributed by atoms with Crippen LogP contribution in [0.3, 0.4) is 0 Å². The van der Waals surface area contributed by atoms with E-state index in [-0.39, 0.29) is 24.3 Å². The molecule has 1 aromatic rings. The Kier molecular flexibility index (Phi) is 6.14. The van der Waals surface area contributed by atoms with E-state index in [9.17, 15) is 13.2 Å². The molecule has 1 aromatic heterocycles. The molecule has 0 saturated carbocycles. The van der Waals surface area contributed by atoms with Gasteiger partial charge in [0.2, 0.25) is 10.0 Å². The van der Waals surface area contributed by atoms with Crippen molar-refractivity contribution in [1.29, 1.82) is 0 Å². The molecule has 1 saturated heterocycles. The molecule has 0 radical (unpaired) electrons. The maximum Gasteiger partial charge on any atom is 0.271 e. The van der Waals surface area contributed by atoms with Gasteiger partial charge in [0.1, 0.15) is 5.69 Å². The first-order chi connectivity index (χ1) is 11.0. The van der Waals surface area contributed by atoms with Gasteiger partial charge in [-0.3, -0.25) is 9.48 Å². The van der Waals surface area contributed by atoms with Crippen molar-refractivity contribution >= 4 is 15.9 Å². The zero-order valence-electron chi connectivity index (χ0n) is 13.6. The maximum atomic E-state index is 12.1. The molecule has 1 aliphatic heterocycles. The first-order valence-corrected chi connectivity index (χ1v) is 9.38. The first-order valence-electron chi connectivity index (χ1n) is 7.77. The molecule has 8 nitrogen and oxygen atoms in total. The monoisotopic (exact) mass is 344 g/mol. The van der Waals surface area contributed by atoms with E-state index in [0.29, 0.717) is 38.2 Å². The highest BCUT2D eigenvalue weighted by Crippen LogP contribution is 2.15. The molecule has 23 heavy (non-hydrogen) atoms. The van der Waals surface area contributed by atoms with E-state index in [1.54, 1.807) is 16.9 Å². The van der Waals surface area contributed by atoms with E-state index in [2.05, 4.69) is 10.4 Å². The van der Waals surface area contributed by atoms with Crippen LogP contribution in [0.4, 0.5) is 0 Å². The lowest BCUT2D eigenvalue weighted by molar-refractivity contribution is 0.0918. The number of amides is 1. The molecule has 0 unspecified atom stereocenters. The van der Waals surface area contributed by atoms with Crippen molar-refractivity contribution in [3.63, 3.8) is 0 Å². The van der Waals surface area contributed by atoms with Crippen molar-refractivity contribution in [3.8, 4) is 0 Å². The predicted molar refractivity (Wildman–Crippen MR) is 85.6 cm³/mol. The zero-order chi connectivity index (χ0) is 16.9. The number of aromatic nitrogens is 2. The Morgan fingerprint density at radius 2 is 2.13 bits per heavy atom. The van der Waals surface area contributed by atoms with Crippen LogP contribution in [0.5, 0.6) is 0 Å². The third-order valence-electron chi connectivity index (χ3n) is 3.93. The van der Waals surface area contributed by atoms with Gasteiger partial charge < -0.3 is 10.1 Å². The molecule has 1 aliphatic rings. The number of carbonyl (C=O) groups excluding carboxylic acids is 1. The normalized spacial score (nSPS) is 17.3. The minimum atomic E-state index is -3.27. The van der Waals surface area contributed by atoms with Gasteiger partial charge in [-0.1, -0.05) is 0 Å². The molecule has 1 N–H and O–H groups in total. The summed E-state index contributed by atoms with van der Waals surface area (Å²) < 4.78 is 32.2. The molecule has 1 fully saturated rings. The Labute approximate surface area is 136 Å². The van der Waals surface area contributed by atoms with Gasteiger partial charge in [0.15, 0.2) is 0 Å². The topological polar surface area (TPSA) is 93.5 Å². The standard InChI is InChI=1S/C14H24N4O4S/c1-3-17-7-6-13(16-17)14(19)15-12-4-8-18(9-5-12)23(20,21)11-10-22-2/h6-7,12H,3-5,8-11H2,1-2H3,(H,15,19). The third kappa shape index (κ3) is 4.76. The van der Waals surface area contributed by atoms with E-state index in [1.165, 1.54) is 11.4 Å². The summed E-state index contributed by atoms with van der Waals surface area (Å²) in [7, 11) is -1.79. The molecule has 0 spiro atoms. The number of nitrogens with zero attached hydrogens (tertiary/aromatic N) is 3. The summed E-state index contributed by atoms with van der Waals surface area (Å²) in [4.78, 5) is 12.1. The molecule has 0 atom stereocenters. The van der Waals surface area contributed by atoms with Crippen molar-refractivity contribution < 1.29 is 17.9 Å². The Bertz CT molecular complexity index is 620. The first kappa shape index (κ1) is 17.9. The SMILES string of the molecule is CCn1ccc(C(=O)NC2CCN(S(=O)(=O)CCOC)CC2)n1. The number of ether oxygens (including phenoxy) is 1. The number of piperidine rings is 1. The zero-order valence-corrected chi connectivity index (χ0v) is 14.4. The van der Waals surface area contributed by atoms with Crippen molar-refractivity contribution in [2.24, 2.45) is 0 Å². The van der Waals surface area contributed by atoms with Crippen LogP contribution in [0.2, 0.25) is 0 Å². The molecular formula is C14H24N4O4S. The Morgan fingerprint density at radius 3 is 2.70 bits per heavy atom. The number of sulfonamides is 1. The quantitative estimate of drug-likeness (QED) is 0.756. The van der Waals surface area contributed by atoms with Crippen LogP contribution in [-0.2, 0) is 21.3 Å². The van der Waals surface area contributed by atoms with Crippen LogP contribution < -0.4 is 5.32 Å². The molecule has 2 rings (SSSR count). The van der Waals surface area contributed by atoms with E-state index < -0.39 is 10.0 Å². The van der Waals surface area contributed by atoms with Gasteiger partial charge in [0.05, 0.1) is 12.4 Å². The van der Waals surface area contributed by atoms with Gasteiger partial charge in [-0.2, -0.15) is 5.10 Å². The smallest absolute Gasteiger partial charge is 0.271 e. The second kappa shape index (κ2) is 7.89. The van der Waals surface area contributed by atoms with Gasteiger partial charge in [-0.25, -0.2) is 12.7 Å². The number of carbonyl (C=O) groups is 1. The highest BCUT2D eigenvalue weighted by molar-refractivity contribution is 7.89. The van der Waals surface area contributed by atoms with Crippen molar-refractivity contribution in [2.45, 2.75) is 32.4 Å². The Balaban J connectivity index is 1.83. The Hall–Kier alpha value is -1.45. The van der Waals surface area contributed by atoms with Crippen LogP contribution in [0, 0.1) is 0 Å². The number of hydrogen-bond acceptors (Lipinski definition) is 5. The average molecular weight is 344 g/mol. The molecule has 2 heterocycles. The van der Waals surface area contributed by atoms with Crippen LogP contribution in [0.25, 0.3) is 0 Å². The highest BCUT2D eigenvalue weighted by Gasteiger charge is 2.28. The fraction of sp³-hybridized carbons (Fsp3) is 0.714. The highest BCUT2D eigenvalue weighted by atomic mass is 32.2. The van der Waals surface area contributed by atoms with Crippen LogP contribution in [-0.4, -0.2) is 67.0 Å². The van der Waals surface area contributed by atoms with Gasteiger partial charge in [0, 0.05) is 39.0 Å². The van der Waals surface area contributed by atoms with Gasteiger partial charge in [0.25, 0.3) is 5.91 Å². The van der Waals surface area contributed by atoms with Gasteiger partial charge in [-0.15, -0.1) is 0 Å². The number of methoxy groups -OCH3 is 1. The van der Waals surface area contributed by atoms with Crippen LogP contribution in [0.15, 0.2) is 12.3 Å². The summed E-state index contributed by atoms with van der Waals surface area (Å²) in [5.41, 5.74) is 0.391. The summed E-state index contributed by atoms with van der Waals surface area (Å²) in [6.45, 7) is 3.69. The minimum absolute atomic E-state index is 0.00498. The largest absolute Gasteiger partial charge is 0.384 e. The molecule has 0 bridgehead atoms. The van der Waals surface area contributed by atoms with Crippen molar-refractivity contribution in [1.82, 2.24) is 19.4 Å². The fourth-order valence-electron chi connectivity index (χ4n) is 2.51. The molecule has 1 amide bonds. The van der Waals surface area contributed by atoms with E-state index in [4.69, 9.17) is 4.74 Å². The number of nitrogens with one attached hydrogen (secondary N) is 1. The lowest BCUT2D eigenvalue weighted by Crippen LogP contribution is -2.47. The molecule has 130 valence electrons. The minimum Gasteiger partial charge on any atom is -0.384 e. The van der Waals surface area contributed by atoms with Gasteiger partial charge >= 0.3 is 0 Å². The van der Waals surface area contributed by atoms with Gasteiger partial charge in [-0.05, 0) is 25.8 Å². The third-order valence-corrected chi connectivity index (χ3v) is 5.76. The van der Waals surface area contributed by atoms with Crippen molar-refractivity contribution in [2.75, 3.05) is 32.6 Å². The van der Waals surface area contributed by atoms with E-state index in [1.807, 2.05) is 6.92 Å². The second-order valence-electron chi connectivity index (χ2n) is 5.51. The fourth-order valence-corrected chi connectivity index (χ4v) is 3.92. The van der Waals surface area contributed by atoms with Crippen LogP contribution >= 0.6 is 0 Å². The molecular weight excluding hydrogens is 320 g/mol. The van der Waals surface area contributed by atoms with E-state index in [0.717, 1.165) is 0 Å². The lowest BCUT2D eigenvalue weighted by Gasteiger charge is -2.31. The number of rotatable bonds is 7. The lowest BCUT2D eigenvalue weighted by atomic mass is 10.1. The molecule has 0 aromatic carbocycles. The predicted octanol–water partition coefficient (Wildman–Crippen LogP) is 0.0734. The summed E-state index contributed by atoms with van der Waals surface area (Å²) in [6, 6.07) is 1.66. The second-order valence-corrected chi connectivity index (χ2v) is 7.60.